The molecule has 0 radical (unpaired) electrons. The van der Waals surface area contributed by atoms with Crippen LogP contribution < -0.4 is 15.0 Å². The SMILES string of the molecule is CCOc1cccc(N2C(=O)NC(=O)/C(=C\c3ccc(-c4ccc(C(=O)O)c(Cl)c4)o3)C2=O)c1. The number of carbonyl (C=O) groups excluding carboxylic acids is 3. The van der Waals surface area contributed by atoms with Gasteiger partial charge in [-0.1, -0.05) is 23.7 Å². The van der Waals surface area contributed by atoms with Crippen LogP contribution in [0.3, 0.4) is 0 Å². The topological polar surface area (TPSA) is 126 Å². The molecule has 2 aromatic carbocycles. The van der Waals surface area contributed by atoms with E-state index in [0.717, 1.165) is 4.90 Å². The lowest BCUT2D eigenvalue weighted by molar-refractivity contribution is -0.122. The van der Waals surface area contributed by atoms with Gasteiger partial charge in [-0.25, -0.2) is 14.5 Å². The minimum atomic E-state index is -1.16. The van der Waals surface area contributed by atoms with Crippen LogP contribution in [0.4, 0.5) is 10.5 Å². The normalized spacial score (nSPS) is 14.9. The number of hydrogen-bond donors (Lipinski definition) is 2. The molecule has 0 unspecified atom stereocenters. The van der Waals surface area contributed by atoms with Crippen molar-refractivity contribution in [1.82, 2.24) is 5.32 Å². The van der Waals surface area contributed by atoms with Crippen molar-refractivity contribution < 1.29 is 33.4 Å². The van der Waals surface area contributed by atoms with Crippen LogP contribution in [-0.2, 0) is 9.59 Å². The van der Waals surface area contributed by atoms with Crippen molar-refractivity contribution in [2.24, 2.45) is 0 Å². The number of hydrogen-bond acceptors (Lipinski definition) is 6. The Morgan fingerprint density at radius 1 is 1.15 bits per heavy atom. The number of barbiturate groups is 1. The third-order valence-corrected chi connectivity index (χ3v) is 5.20. The number of carboxylic acid groups (broad SMARTS) is 1. The van der Waals surface area contributed by atoms with E-state index in [2.05, 4.69) is 5.32 Å². The molecule has 9 nitrogen and oxygen atoms in total. The van der Waals surface area contributed by atoms with E-state index in [-0.39, 0.29) is 27.6 Å². The molecule has 34 heavy (non-hydrogen) atoms. The van der Waals surface area contributed by atoms with E-state index in [1.807, 2.05) is 0 Å². The van der Waals surface area contributed by atoms with Crippen molar-refractivity contribution in [2.45, 2.75) is 6.92 Å². The molecule has 0 spiro atoms. The largest absolute Gasteiger partial charge is 0.494 e. The zero-order valence-corrected chi connectivity index (χ0v) is 18.5. The fourth-order valence-corrected chi connectivity index (χ4v) is 3.60. The molecular weight excluding hydrogens is 464 g/mol. The quantitative estimate of drug-likeness (QED) is 0.396. The maximum absolute atomic E-state index is 13.1. The number of rotatable bonds is 6. The van der Waals surface area contributed by atoms with Crippen molar-refractivity contribution in [3.8, 4) is 17.1 Å². The molecule has 0 bridgehead atoms. The van der Waals surface area contributed by atoms with Gasteiger partial charge in [-0.05, 0) is 49.4 Å². The van der Waals surface area contributed by atoms with E-state index in [1.165, 1.54) is 36.4 Å². The van der Waals surface area contributed by atoms with Gasteiger partial charge in [0.05, 0.1) is 22.9 Å². The second kappa shape index (κ2) is 9.24. The highest BCUT2D eigenvalue weighted by Gasteiger charge is 2.37. The Morgan fingerprint density at radius 2 is 1.94 bits per heavy atom. The van der Waals surface area contributed by atoms with Crippen LogP contribution in [0.15, 0.2) is 64.6 Å². The van der Waals surface area contributed by atoms with Gasteiger partial charge in [0.15, 0.2) is 0 Å². The highest BCUT2D eigenvalue weighted by molar-refractivity contribution is 6.39. The summed E-state index contributed by atoms with van der Waals surface area (Å²) in [7, 11) is 0. The van der Waals surface area contributed by atoms with Crippen LogP contribution in [0.1, 0.15) is 23.0 Å². The lowest BCUT2D eigenvalue weighted by Gasteiger charge is -2.26. The number of nitrogens with zero attached hydrogens (tertiary/aromatic N) is 1. The average molecular weight is 481 g/mol. The fraction of sp³-hybridized carbons (Fsp3) is 0.0833. The van der Waals surface area contributed by atoms with Crippen molar-refractivity contribution in [3.63, 3.8) is 0 Å². The van der Waals surface area contributed by atoms with Gasteiger partial charge in [-0.2, -0.15) is 0 Å². The Bertz CT molecular complexity index is 1360. The van der Waals surface area contributed by atoms with Crippen molar-refractivity contribution in [1.29, 1.82) is 0 Å². The third kappa shape index (κ3) is 4.41. The van der Waals surface area contributed by atoms with Crippen LogP contribution in [0.25, 0.3) is 17.4 Å². The standard InChI is InChI=1S/C24H17ClN2O7/c1-2-33-15-5-3-4-14(11-15)27-22(29)18(21(28)26-24(27)32)12-16-7-9-20(34-16)13-6-8-17(23(30)31)19(25)10-13/h3-12H,2H2,1H3,(H,30,31)(H,26,28,32)/b18-12+. The number of aromatic carboxylic acids is 1. The minimum Gasteiger partial charge on any atom is -0.494 e. The van der Waals surface area contributed by atoms with Crippen molar-refractivity contribution in [2.75, 3.05) is 11.5 Å². The Balaban J connectivity index is 1.64. The van der Waals surface area contributed by atoms with E-state index < -0.39 is 23.8 Å². The molecule has 1 aliphatic heterocycles. The van der Waals surface area contributed by atoms with Gasteiger partial charge in [0, 0.05) is 11.6 Å². The summed E-state index contributed by atoms with van der Waals surface area (Å²) in [6.07, 6.45) is 1.22. The number of furan rings is 1. The number of halogens is 1. The van der Waals surface area contributed by atoms with E-state index in [1.54, 1.807) is 31.2 Å². The van der Waals surface area contributed by atoms with Crippen LogP contribution >= 0.6 is 11.6 Å². The molecule has 0 saturated carbocycles. The molecule has 4 rings (SSSR count). The smallest absolute Gasteiger partial charge is 0.337 e. The predicted octanol–water partition coefficient (Wildman–Crippen LogP) is 4.36. The van der Waals surface area contributed by atoms with Crippen molar-refractivity contribution >= 4 is 47.2 Å². The number of imide groups is 2. The molecule has 1 fully saturated rings. The van der Waals surface area contributed by atoms with Gasteiger partial charge in [0.25, 0.3) is 11.8 Å². The number of anilines is 1. The average Bonchev–Trinajstić information content (AvgIpc) is 3.25. The highest BCUT2D eigenvalue weighted by Crippen LogP contribution is 2.29. The Hall–Kier alpha value is -4.37. The number of ether oxygens (including phenoxy) is 1. The van der Waals surface area contributed by atoms with E-state index in [9.17, 15) is 19.2 Å². The fourth-order valence-electron chi connectivity index (χ4n) is 3.34. The Labute approximate surface area is 198 Å². The van der Waals surface area contributed by atoms with Gasteiger partial charge in [0.2, 0.25) is 0 Å². The summed E-state index contributed by atoms with van der Waals surface area (Å²) in [6, 6.07) is 12.9. The van der Waals surface area contributed by atoms with Gasteiger partial charge in [-0.15, -0.1) is 0 Å². The molecule has 3 aromatic rings. The molecule has 1 aliphatic rings. The van der Waals surface area contributed by atoms with E-state index >= 15 is 0 Å². The Kier molecular flexibility index (Phi) is 6.20. The van der Waals surface area contributed by atoms with E-state index in [4.69, 9.17) is 25.9 Å². The summed E-state index contributed by atoms with van der Waals surface area (Å²) in [4.78, 5) is 49.8. The summed E-state index contributed by atoms with van der Waals surface area (Å²) in [6.45, 7) is 2.20. The monoisotopic (exact) mass is 480 g/mol. The maximum atomic E-state index is 13.1. The zero-order chi connectivity index (χ0) is 24.4. The number of carboxylic acids is 1. The van der Waals surface area contributed by atoms with Crippen LogP contribution in [0.2, 0.25) is 5.02 Å². The first kappa shape index (κ1) is 22.8. The first-order chi connectivity index (χ1) is 16.3. The molecule has 1 saturated heterocycles. The third-order valence-electron chi connectivity index (χ3n) is 4.89. The second-order valence-corrected chi connectivity index (χ2v) is 7.50. The lowest BCUT2D eigenvalue weighted by atomic mass is 10.1. The minimum absolute atomic E-state index is 0.0339. The molecule has 2 N–H and O–H groups in total. The Morgan fingerprint density at radius 3 is 2.65 bits per heavy atom. The lowest BCUT2D eigenvalue weighted by Crippen LogP contribution is -2.54. The maximum Gasteiger partial charge on any atom is 0.337 e. The summed E-state index contributed by atoms with van der Waals surface area (Å²) < 4.78 is 11.1. The molecular formula is C24H17ClN2O7. The number of carbonyl (C=O) groups is 4. The van der Waals surface area contributed by atoms with Gasteiger partial charge < -0.3 is 14.3 Å². The summed E-state index contributed by atoms with van der Waals surface area (Å²) in [5.41, 5.74) is 0.382. The summed E-state index contributed by atoms with van der Waals surface area (Å²) >= 11 is 6.02. The number of nitrogens with one attached hydrogen (secondary N) is 1. The number of urea groups is 1. The van der Waals surface area contributed by atoms with Gasteiger partial charge >= 0.3 is 12.0 Å². The van der Waals surface area contributed by atoms with Crippen LogP contribution in [0.5, 0.6) is 5.75 Å². The highest BCUT2D eigenvalue weighted by atomic mass is 35.5. The second-order valence-electron chi connectivity index (χ2n) is 7.09. The first-order valence-electron chi connectivity index (χ1n) is 10.1. The first-order valence-corrected chi connectivity index (χ1v) is 10.4. The molecule has 0 aliphatic carbocycles. The van der Waals surface area contributed by atoms with Crippen LogP contribution in [-0.4, -0.2) is 35.5 Å². The summed E-state index contributed by atoms with van der Waals surface area (Å²) in [5, 5.41) is 11.3. The van der Waals surface area contributed by atoms with Gasteiger partial charge in [-0.3, -0.25) is 14.9 Å². The predicted molar refractivity (Wildman–Crippen MR) is 123 cm³/mol. The van der Waals surface area contributed by atoms with Gasteiger partial charge in [0.1, 0.15) is 22.8 Å². The molecule has 10 heteroatoms. The number of benzene rings is 2. The molecule has 0 atom stereocenters. The van der Waals surface area contributed by atoms with Crippen LogP contribution in [0, 0.1) is 0 Å². The van der Waals surface area contributed by atoms with E-state index in [0.29, 0.717) is 23.7 Å². The number of amides is 4. The molecule has 1 aromatic heterocycles. The van der Waals surface area contributed by atoms with Crippen molar-refractivity contribution in [3.05, 3.63) is 76.5 Å². The molecule has 172 valence electrons. The molecule has 4 amide bonds. The summed E-state index contributed by atoms with van der Waals surface area (Å²) in [5.74, 6) is -1.87. The zero-order valence-electron chi connectivity index (χ0n) is 17.7. The molecule has 2 heterocycles.